The van der Waals surface area contributed by atoms with Crippen LogP contribution in [-0.2, 0) is 4.79 Å². The first kappa shape index (κ1) is 25.7. The minimum Gasteiger partial charge on any atom is -0.330 e. The number of hydrogen-bond donors (Lipinski definition) is 2. The summed E-state index contributed by atoms with van der Waals surface area (Å²) in [4.78, 5) is 11.7. The number of aldehydes is 1. The smallest absolute Gasteiger partial charge is 0.136 e. The average molecular weight is 459 g/mol. The number of rotatable bonds is 10. The van der Waals surface area contributed by atoms with E-state index >= 15 is 0 Å². The van der Waals surface area contributed by atoms with Crippen molar-refractivity contribution in [3.8, 4) is 0 Å². The second-order valence-corrected chi connectivity index (χ2v) is 13.3. The van der Waals surface area contributed by atoms with Crippen molar-refractivity contribution in [2.75, 3.05) is 6.54 Å². The van der Waals surface area contributed by atoms with Crippen LogP contribution in [0.3, 0.4) is 0 Å². The average Bonchev–Trinajstić information content (AvgIpc) is 3.16. The highest BCUT2D eigenvalue weighted by Gasteiger charge is 2.60. The zero-order chi connectivity index (χ0) is 23.6. The van der Waals surface area contributed by atoms with E-state index < -0.39 is 0 Å². The Bertz CT molecular complexity index is 651. The van der Waals surface area contributed by atoms with Gasteiger partial charge in [0.25, 0.3) is 0 Å². The lowest BCUT2D eigenvalue weighted by Gasteiger charge is -2.61. The number of nitrogens with two attached hydrogens (primary N) is 1. The number of hydrogen-bond acceptors (Lipinski definition) is 3. The quantitative estimate of drug-likeness (QED) is 0.282. The molecule has 4 aliphatic rings. The maximum atomic E-state index is 11.7. The standard InChI is InChI=1S/C30H54N2O/c1-5-8-21(2)26-12-13-27-25-11-10-22-19-23(32-24(20-33)9-6-7-18-31)14-16-29(22,3)28(25)15-17-30(26,27)4/h20-28,32H,5-19,31H2,1-4H3/t21-,22?,23?,24+,25?,26-,27?,28?,29+,30-/m1/s1. The van der Waals surface area contributed by atoms with Crippen LogP contribution in [0.2, 0.25) is 0 Å². The van der Waals surface area contributed by atoms with Gasteiger partial charge in [0.1, 0.15) is 6.29 Å². The van der Waals surface area contributed by atoms with Gasteiger partial charge in [-0.3, -0.25) is 0 Å². The Morgan fingerprint density at radius 3 is 2.45 bits per heavy atom. The van der Waals surface area contributed by atoms with Crippen molar-refractivity contribution >= 4 is 6.29 Å². The number of unbranched alkanes of at least 4 members (excludes halogenated alkanes) is 1. The third kappa shape index (κ3) is 4.84. The molecule has 10 atom stereocenters. The number of nitrogens with one attached hydrogen (secondary N) is 1. The Labute approximate surface area is 204 Å². The van der Waals surface area contributed by atoms with Gasteiger partial charge in [-0.05, 0) is 124 Å². The molecule has 0 radical (unpaired) electrons. The maximum Gasteiger partial charge on any atom is 0.136 e. The summed E-state index contributed by atoms with van der Waals surface area (Å²) in [6.45, 7) is 11.0. The van der Waals surface area contributed by atoms with Crippen LogP contribution in [0.4, 0.5) is 0 Å². The highest BCUT2D eigenvalue weighted by atomic mass is 16.1. The van der Waals surface area contributed by atoms with Crippen molar-refractivity contribution in [3.63, 3.8) is 0 Å². The van der Waals surface area contributed by atoms with Gasteiger partial charge in [0.2, 0.25) is 0 Å². The monoisotopic (exact) mass is 458 g/mol. The van der Waals surface area contributed by atoms with Crippen LogP contribution in [0.25, 0.3) is 0 Å². The summed E-state index contributed by atoms with van der Waals surface area (Å²) in [6, 6.07) is 0.561. The molecule has 4 saturated carbocycles. The van der Waals surface area contributed by atoms with Crippen LogP contribution in [0.1, 0.15) is 118 Å². The third-order valence-corrected chi connectivity index (χ3v) is 11.8. The summed E-state index contributed by atoms with van der Waals surface area (Å²) < 4.78 is 0. The Kier molecular flexibility index (Phi) is 8.32. The lowest BCUT2D eigenvalue weighted by Crippen LogP contribution is -2.56. The van der Waals surface area contributed by atoms with Crippen molar-refractivity contribution in [1.82, 2.24) is 5.32 Å². The maximum absolute atomic E-state index is 11.7. The first-order valence-corrected chi connectivity index (χ1v) is 14.8. The summed E-state index contributed by atoms with van der Waals surface area (Å²) in [5.74, 6) is 5.63. The topological polar surface area (TPSA) is 55.1 Å². The molecule has 4 fully saturated rings. The minimum atomic E-state index is 0.0261. The predicted octanol–water partition coefficient (Wildman–Crippen LogP) is 6.74. The molecule has 190 valence electrons. The Morgan fingerprint density at radius 1 is 0.970 bits per heavy atom. The molecule has 0 aromatic heterocycles. The van der Waals surface area contributed by atoms with Crippen LogP contribution in [0.5, 0.6) is 0 Å². The second kappa shape index (κ2) is 10.7. The molecule has 0 heterocycles. The number of carbonyl (C=O) groups is 1. The molecule has 0 amide bonds. The van der Waals surface area contributed by atoms with E-state index in [0.717, 1.165) is 67.6 Å². The lowest BCUT2D eigenvalue weighted by atomic mass is 9.44. The van der Waals surface area contributed by atoms with Gasteiger partial charge >= 0.3 is 0 Å². The Morgan fingerprint density at radius 2 is 1.73 bits per heavy atom. The third-order valence-electron chi connectivity index (χ3n) is 11.8. The molecular formula is C30H54N2O. The molecule has 0 aromatic carbocycles. The first-order valence-electron chi connectivity index (χ1n) is 14.8. The molecule has 33 heavy (non-hydrogen) atoms. The van der Waals surface area contributed by atoms with E-state index in [9.17, 15) is 4.79 Å². The molecule has 4 rings (SSSR count). The predicted molar refractivity (Wildman–Crippen MR) is 139 cm³/mol. The summed E-state index contributed by atoms with van der Waals surface area (Å²) in [7, 11) is 0. The molecule has 3 nitrogen and oxygen atoms in total. The molecular weight excluding hydrogens is 404 g/mol. The summed E-state index contributed by atoms with van der Waals surface area (Å²) in [5, 5.41) is 3.75. The molecule has 3 heteroatoms. The van der Waals surface area contributed by atoms with E-state index in [2.05, 4.69) is 33.0 Å². The second-order valence-electron chi connectivity index (χ2n) is 13.3. The number of carbonyl (C=O) groups excluding carboxylic acids is 1. The van der Waals surface area contributed by atoms with Gasteiger partial charge in [-0.25, -0.2) is 0 Å². The normalized spacial score (nSPS) is 44.4. The molecule has 0 aliphatic heterocycles. The van der Waals surface area contributed by atoms with E-state index in [1.165, 1.54) is 70.6 Å². The van der Waals surface area contributed by atoms with Crippen LogP contribution >= 0.6 is 0 Å². The van der Waals surface area contributed by atoms with Gasteiger partial charge in [-0.15, -0.1) is 0 Å². The van der Waals surface area contributed by atoms with Crippen LogP contribution < -0.4 is 11.1 Å². The fraction of sp³-hybridized carbons (Fsp3) is 0.967. The van der Waals surface area contributed by atoms with Gasteiger partial charge < -0.3 is 15.8 Å². The molecule has 5 unspecified atom stereocenters. The summed E-state index contributed by atoms with van der Waals surface area (Å²) in [5.41, 5.74) is 6.79. The fourth-order valence-electron chi connectivity index (χ4n) is 10.0. The summed E-state index contributed by atoms with van der Waals surface area (Å²) in [6.07, 6.45) is 19.7. The van der Waals surface area contributed by atoms with Crippen molar-refractivity contribution in [2.24, 2.45) is 52.1 Å². The molecule has 4 aliphatic carbocycles. The SMILES string of the molecule is CCC[C@@H](C)[C@H]1CCC2C3CCC4CC(N[C@H](C=O)CCCCN)CC[C@]4(C)C3CC[C@@]21C. The zero-order valence-corrected chi connectivity index (χ0v) is 22.3. The van der Waals surface area contributed by atoms with Crippen molar-refractivity contribution in [1.29, 1.82) is 0 Å². The van der Waals surface area contributed by atoms with Crippen LogP contribution in [0.15, 0.2) is 0 Å². The van der Waals surface area contributed by atoms with Crippen molar-refractivity contribution in [2.45, 2.75) is 130 Å². The summed E-state index contributed by atoms with van der Waals surface area (Å²) >= 11 is 0. The van der Waals surface area contributed by atoms with Gasteiger partial charge in [0.15, 0.2) is 0 Å². The van der Waals surface area contributed by atoms with Crippen molar-refractivity contribution in [3.05, 3.63) is 0 Å². The highest BCUT2D eigenvalue weighted by molar-refractivity contribution is 5.57. The molecule has 0 bridgehead atoms. The van der Waals surface area contributed by atoms with Gasteiger partial charge in [0, 0.05) is 6.04 Å². The van der Waals surface area contributed by atoms with E-state index in [-0.39, 0.29) is 6.04 Å². The van der Waals surface area contributed by atoms with E-state index in [1.807, 2.05) is 0 Å². The zero-order valence-electron chi connectivity index (χ0n) is 22.3. The Balaban J connectivity index is 1.40. The molecule has 0 aromatic rings. The van der Waals surface area contributed by atoms with Crippen molar-refractivity contribution < 1.29 is 4.79 Å². The largest absolute Gasteiger partial charge is 0.330 e. The van der Waals surface area contributed by atoms with E-state index in [1.54, 1.807) is 0 Å². The Hall–Kier alpha value is -0.410. The molecule has 0 saturated heterocycles. The van der Waals surface area contributed by atoms with Crippen LogP contribution in [-0.4, -0.2) is 24.9 Å². The fourth-order valence-corrected chi connectivity index (χ4v) is 10.0. The van der Waals surface area contributed by atoms with Gasteiger partial charge in [-0.2, -0.15) is 0 Å². The lowest BCUT2D eigenvalue weighted by molar-refractivity contribution is -0.119. The van der Waals surface area contributed by atoms with Gasteiger partial charge in [0.05, 0.1) is 6.04 Å². The van der Waals surface area contributed by atoms with E-state index in [0.29, 0.717) is 16.9 Å². The molecule has 3 N–H and O–H groups in total. The highest BCUT2D eigenvalue weighted by Crippen LogP contribution is 2.68. The minimum absolute atomic E-state index is 0.0261. The van der Waals surface area contributed by atoms with Gasteiger partial charge in [-0.1, -0.05) is 47.0 Å². The first-order chi connectivity index (χ1) is 15.9. The molecule has 0 spiro atoms. The van der Waals surface area contributed by atoms with E-state index in [4.69, 9.17) is 5.73 Å². The number of fused-ring (bicyclic) bond motifs is 5. The van der Waals surface area contributed by atoms with Crippen LogP contribution in [0, 0.1) is 46.3 Å².